The first kappa shape index (κ1) is 14.1. The van der Waals surface area contributed by atoms with Crippen LogP contribution in [0.4, 0.5) is 5.69 Å². The summed E-state index contributed by atoms with van der Waals surface area (Å²) in [7, 11) is 1.57. The van der Waals surface area contributed by atoms with Gasteiger partial charge in [-0.25, -0.2) is 0 Å². The largest absolute Gasteiger partial charge is 0.496 e. The summed E-state index contributed by atoms with van der Waals surface area (Å²) >= 11 is 0. The second-order valence-corrected chi connectivity index (χ2v) is 4.99. The third-order valence-electron chi connectivity index (χ3n) is 3.54. The molecule has 3 rings (SSSR count). The molecule has 0 aliphatic rings. The molecule has 2 aromatic carbocycles. The maximum Gasteiger partial charge on any atom is 0.259 e. The van der Waals surface area contributed by atoms with Crippen LogP contribution in [0.25, 0.3) is 10.9 Å². The van der Waals surface area contributed by atoms with Crippen LogP contribution < -0.4 is 10.1 Å². The number of methoxy groups -OCH3 is 1. The van der Waals surface area contributed by atoms with Crippen LogP contribution >= 0.6 is 0 Å². The Labute approximate surface area is 128 Å². The Morgan fingerprint density at radius 3 is 2.68 bits per heavy atom. The number of ether oxygens (including phenoxy) is 1. The molecular formula is C18H16N2O2. The summed E-state index contributed by atoms with van der Waals surface area (Å²) in [6, 6.07) is 15.0. The fraction of sp³-hybridized carbons (Fsp3) is 0.111. The molecule has 0 spiro atoms. The molecular weight excluding hydrogens is 276 g/mol. The second kappa shape index (κ2) is 5.85. The van der Waals surface area contributed by atoms with E-state index in [9.17, 15) is 4.79 Å². The van der Waals surface area contributed by atoms with Gasteiger partial charge in [-0.05, 0) is 30.7 Å². The van der Waals surface area contributed by atoms with E-state index in [-0.39, 0.29) is 5.91 Å². The van der Waals surface area contributed by atoms with E-state index in [1.54, 1.807) is 19.4 Å². The van der Waals surface area contributed by atoms with Gasteiger partial charge in [0, 0.05) is 11.6 Å². The summed E-state index contributed by atoms with van der Waals surface area (Å²) in [6.07, 6.45) is 1.71. The fourth-order valence-corrected chi connectivity index (χ4v) is 2.50. The number of aryl methyl sites for hydroxylation is 1. The summed E-state index contributed by atoms with van der Waals surface area (Å²) in [5.41, 5.74) is 2.89. The van der Waals surface area contributed by atoms with Crippen molar-refractivity contribution >= 4 is 22.5 Å². The van der Waals surface area contributed by atoms with E-state index >= 15 is 0 Å². The fourth-order valence-electron chi connectivity index (χ4n) is 2.50. The smallest absolute Gasteiger partial charge is 0.259 e. The topological polar surface area (TPSA) is 51.2 Å². The van der Waals surface area contributed by atoms with Crippen molar-refractivity contribution in [2.24, 2.45) is 0 Å². The van der Waals surface area contributed by atoms with Gasteiger partial charge < -0.3 is 10.1 Å². The number of para-hydroxylation sites is 2. The number of nitrogens with zero attached hydrogens (tertiary/aromatic N) is 1. The van der Waals surface area contributed by atoms with Crippen molar-refractivity contribution in [1.29, 1.82) is 0 Å². The average molecular weight is 292 g/mol. The zero-order chi connectivity index (χ0) is 15.5. The number of carbonyl (C=O) groups excluding carboxylic acids is 1. The minimum atomic E-state index is -0.210. The predicted molar refractivity (Wildman–Crippen MR) is 87.4 cm³/mol. The predicted octanol–water partition coefficient (Wildman–Crippen LogP) is 3.80. The third kappa shape index (κ3) is 2.51. The zero-order valence-corrected chi connectivity index (χ0v) is 12.5. The van der Waals surface area contributed by atoms with Gasteiger partial charge in [-0.15, -0.1) is 0 Å². The highest BCUT2D eigenvalue weighted by Gasteiger charge is 2.15. The molecule has 4 heteroatoms. The lowest BCUT2D eigenvalue weighted by molar-refractivity contribution is 0.102. The monoisotopic (exact) mass is 292 g/mol. The van der Waals surface area contributed by atoms with Crippen molar-refractivity contribution in [3.8, 4) is 5.75 Å². The lowest BCUT2D eigenvalue weighted by Gasteiger charge is -2.12. The van der Waals surface area contributed by atoms with Crippen LogP contribution in [-0.4, -0.2) is 18.0 Å². The molecule has 0 aliphatic heterocycles. The summed E-state index contributed by atoms with van der Waals surface area (Å²) in [6.45, 7) is 1.91. The van der Waals surface area contributed by atoms with Gasteiger partial charge >= 0.3 is 0 Å². The van der Waals surface area contributed by atoms with Gasteiger partial charge in [-0.2, -0.15) is 0 Å². The normalized spacial score (nSPS) is 10.5. The summed E-state index contributed by atoms with van der Waals surface area (Å²) in [5, 5.41) is 3.90. The Morgan fingerprint density at radius 2 is 1.86 bits per heavy atom. The minimum absolute atomic E-state index is 0.210. The number of rotatable bonds is 3. The van der Waals surface area contributed by atoms with Gasteiger partial charge in [0.25, 0.3) is 5.91 Å². The quantitative estimate of drug-likeness (QED) is 0.798. The Kier molecular flexibility index (Phi) is 3.74. The Hall–Kier alpha value is -2.88. The second-order valence-electron chi connectivity index (χ2n) is 4.99. The van der Waals surface area contributed by atoms with E-state index in [4.69, 9.17) is 4.74 Å². The third-order valence-corrected chi connectivity index (χ3v) is 3.54. The van der Waals surface area contributed by atoms with Gasteiger partial charge in [0.2, 0.25) is 0 Å². The molecule has 0 bridgehead atoms. The van der Waals surface area contributed by atoms with Crippen LogP contribution in [0.5, 0.6) is 5.75 Å². The molecule has 0 fully saturated rings. The molecule has 22 heavy (non-hydrogen) atoms. The van der Waals surface area contributed by atoms with Crippen LogP contribution in [0.1, 0.15) is 15.9 Å². The highest BCUT2D eigenvalue weighted by Crippen LogP contribution is 2.26. The summed E-state index contributed by atoms with van der Waals surface area (Å²) < 4.78 is 5.35. The van der Waals surface area contributed by atoms with Crippen molar-refractivity contribution < 1.29 is 9.53 Å². The van der Waals surface area contributed by atoms with Crippen molar-refractivity contribution in [3.05, 3.63) is 65.9 Å². The Bertz CT molecular complexity index is 838. The lowest BCUT2D eigenvalue weighted by Crippen LogP contribution is -2.14. The van der Waals surface area contributed by atoms with Gasteiger partial charge in [0.05, 0.1) is 23.9 Å². The molecule has 0 saturated heterocycles. The first-order valence-corrected chi connectivity index (χ1v) is 6.99. The van der Waals surface area contributed by atoms with Gasteiger partial charge in [0.1, 0.15) is 5.75 Å². The molecule has 110 valence electrons. The van der Waals surface area contributed by atoms with Crippen molar-refractivity contribution in [2.45, 2.75) is 6.92 Å². The number of fused-ring (bicyclic) bond motifs is 1. The van der Waals surface area contributed by atoms with Crippen LogP contribution in [0.15, 0.2) is 54.7 Å². The number of nitrogens with one attached hydrogen (secondary N) is 1. The molecule has 0 atom stereocenters. The SMILES string of the molecule is COc1c(C)cccc1C(=O)Nc1cccc2cccnc12. The summed E-state index contributed by atoms with van der Waals surface area (Å²) in [4.78, 5) is 16.9. The number of benzene rings is 2. The van der Waals surface area contributed by atoms with Crippen LogP contribution in [0.2, 0.25) is 0 Å². The first-order valence-electron chi connectivity index (χ1n) is 6.99. The molecule has 4 nitrogen and oxygen atoms in total. The number of carbonyl (C=O) groups is 1. The van der Waals surface area contributed by atoms with Gasteiger partial charge in [-0.1, -0.05) is 30.3 Å². The molecule has 0 saturated carbocycles. The van der Waals surface area contributed by atoms with Crippen molar-refractivity contribution in [2.75, 3.05) is 12.4 Å². The molecule has 0 radical (unpaired) electrons. The van der Waals surface area contributed by atoms with E-state index in [0.717, 1.165) is 16.5 Å². The number of pyridine rings is 1. The molecule has 1 N–H and O–H groups in total. The van der Waals surface area contributed by atoms with E-state index < -0.39 is 0 Å². The van der Waals surface area contributed by atoms with Crippen LogP contribution in [0.3, 0.4) is 0 Å². The number of anilines is 1. The van der Waals surface area contributed by atoms with Crippen LogP contribution in [-0.2, 0) is 0 Å². The lowest BCUT2D eigenvalue weighted by atomic mass is 10.1. The summed E-state index contributed by atoms with van der Waals surface area (Å²) in [5.74, 6) is 0.381. The highest BCUT2D eigenvalue weighted by molar-refractivity contribution is 6.09. The minimum Gasteiger partial charge on any atom is -0.496 e. The molecule has 0 unspecified atom stereocenters. The van der Waals surface area contributed by atoms with Crippen molar-refractivity contribution in [1.82, 2.24) is 4.98 Å². The average Bonchev–Trinajstić information content (AvgIpc) is 2.55. The maximum absolute atomic E-state index is 12.6. The van der Waals surface area contributed by atoms with E-state index in [2.05, 4.69) is 10.3 Å². The zero-order valence-electron chi connectivity index (χ0n) is 12.5. The molecule has 0 aliphatic carbocycles. The number of hydrogen-bond donors (Lipinski definition) is 1. The molecule has 1 aromatic heterocycles. The van der Waals surface area contributed by atoms with Gasteiger partial charge in [0.15, 0.2) is 0 Å². The Morgan fingerprint density at radius 1 is 1.09 bits per heavy atom. The van der Waals surface area contributed by atoms with E-state index in [1.165, 1.54) is 0 Å². The molecule has 1 heterocycles. The highest BCUT2D eigenvalue weighted by atomic mass is 16.5. The maximum atomic E-state index is 12.6. The molecule has 1 amide bonds. The molecule has 3 aromatic rings. The number of hydrogen-bond acceptors (Lipinski definition) is 3. The van der Waals surface area contributed by atoms with Crippen molar-refractivity contribution in [3.63, 3.8) is 0 Å². The number of amides is 1. The standard InChI is InChI=1S/C18H16N2O2/c1-12-6-3-9-14(17(12)22-2)18(21)20-15-10-4-7-13-8-5-11-19-16(13)15/h3-11H,1-2H3,(H,20,21). The van der Waals surface area contributed by atoms with Crippen LogP contribution in [0, 0.1) is 6.92 Å². The Balaban J connectivity index is 1.99. The first-order chi connectivity index (χ1) is 10.7. The van der Waals surface area contributed by atoms with E-state index in [1.807, 2.05) is 49.4 Å². The van der Waals surface area contributed by atoms with E-state index in [0.29, 0.717) is 17.0 Å². The van der Waals surface area contributed by atoms with Gasteiger partial charge in [-0.3, -0.25) is 9.78 Å². The number of aromatic nitrogens is 1.